The Kier molecular flexibility index (Phi) is 3.01. The summed E-state index contributed by atoms with van der Waals surface area (Å²) in [5.41, 5.74) is -0.164. The van der Waals surface area contributed by atoms with Crippen molar-refractivity contribution in [3.63, 3.8) is 0 Å². The number of fused-ring (bicyclic) bond motifs is 2. The van der Waals surface area contributed by atoms with Gasteiger partial charge < -0.3 is 20.1 Å². The molecule has 5 heteroatoms. The van der Waals surface area contributed by atoms with Crippen molar-refractivity contribution in [2.45, 2.75) is 57.3 Å². The summed E-state index contributed by atoms with van der Waals surface area (Å²) < 4.78 is 5.35. The standard InChI is InChI=1S/C15H22O5/c1-8-9-5-11-14(2,19)4-3-12(17)15(11,7-16)6-10(9)20-13(8)18/h10-12,16-17,19H,3-7H2,1-2H3. The first-order chi connectivity index (χ1) is 9.32. The van der Waals surface area contributed by atoms with Crippen LogP contribution in [0, 0.1) is 11.3 Å². The molecule has 2 fully saturated rings. The highest BCUT2D eigenvalue weighted by atomic mass is 16.5. The van der Waals surface area contributed by atoms with E-state index in [9.17, 15) is 20.1 Å². The third-order valence-electron chi connectivity index (χ3n) is 5.74. The maximum absolute atomic E-state index is 11.7. The molecule has 0 bridgehead atoms. The second kappa shape index (κ2) is 4.29. The van der Waals surface area contributed by atoms with Crippen molar-refractivity contribution in [3.05, 3.63) is 11.1 Å². The molecule has 0 spiro atoms. The first-order valence-electron chi connectivity index (χ1n) is 7.24. The Morgan fingerprint density at radius 3 is 2.80 bits per heavy atom. The van der Waals surface area contributed by atoms with Gasteiger partial charge in [-0.05, 0) is 45.1 Å². The van der Waals surface area contributed by atoms with Crippen molar-refractivity contribution < 1.29 is 24.9 Å². The third kappa shape index (κ3) is 1.70. The molecule has 0 aromatic carbocycles. The molecule has 112 valence electrons. The Bertz CT molecular complexity index is 481. The van der Waals surface area contributed by atoms with Gasteiger partial charge in [-0.25, -0.2) is 4.79 Å². The summed E-state index contributed by atoms with van der Waals surface area (Å²) in [4.78, 5) is 11.7. The van der Waals surface area contributed by atoms with Crippen LogP contribution in [0.2, 0.25) is 0 Å². The number of esters is 1. The van der Waals surface area contributed by atoms with Crippen LogP contribution in [0.1, 0.15) is 39.5 Å². The highest BCUT2D eigenvalue weighted by molar-refractivity contribution is 5.91. The van der Waals surface area contributed by atoms with E-state index in [4.69, 9.17) is 4.74 Å². The van der Waals surface area contributed by atoms with Crippen LogP contribution in [0.3, 0.4) is 0 Å². The van der Waals surface area contributed by atoms with E-state index in [1.165, 1.54) is 0 Å². The van der Waals surface area contributed by atoms with Crippen LogP contribution in [0.15, 0.2) is 11.1 Å². The zero-order chi connectivity index (χ0) is 14.7. The fraction of sp³-hybridized carbons (Fsp3) is 0.800. The van der Waals surface area contributed by atoms with Crippen molar-refractivity contribution in [2.75, 3.05) is 6.61 Å². The Labute approximate surface area is 118 Å². The van der Waals surface area contributed by atoms with Gasteiger partial charge in [0.15, 0.2) is 0 Å². The Morgan fingerprint density at radius 1 is 1.45 bits per heavy atom. The molecular formula is C15H22O5. The summed E-state index contributed by atoms with van der Waals surface area (Å²) >= 11 is 0. The molecule has 3 rings (SSSR count). The molecule has 3 N–H and O–H groups in total. The predicted octanol–water partition coefficient (Wildman–Crippen LogP) is 0.523. The Morgan fingerprint density at radius 2 is 2.15 bits per heavy atom. The normalized spacial score (nSPS) is 47.9. The minimum absolute atomic E-state index is 0.199. The second-order valence-corrected chi connectivity index (χ2v) is 6.81. The molecule has 1 heterocycles. The average molecular weight is 282 g/mol. The van der Waals surface area contributed by atoms with Gasteiger partial charge in [0.25, 0.3) is 0 Å². The van der Waals surface area contributed by atoms with E-state index < -0.39 is 17.1 Å². The average Bonchev–Trinajstić information content (AvgIpc) is 2.68. The van der Waals surface area contributed by atoms with E-state index in [-0.39, 0.29) is 24.6 Å². The largest absolute Gasteiger partial charge is 0.454 e. The first kappa shape index (κ1) is 14.0. The quantitative estimate of drug-likeness (QED) is 0.610. The smallest absolute Gasteiger partial charge is 0.334 e. The van der Waals surface area contributed by atoms with Crippen LogP contribution in [0.5, 0.6) is 0 Å². The van der Waals surface area contributed by atoms with Crippen molar-refractivity contribution in [3.8, 4) is 0 Å². The van der Waals surface area contributed by atoms with Gasteiger partial charge in [-0.2, -0.15) is 0 Å². The summed E-state index contributed by atoms with van der Waals surface area (Å²) in [6.45, 7) is 3.31. The van der Waals surface area contributed by atoms with Gasteiger partial charge in [0.1, 0.15) is 6.10 Å². The van der Waals surface area contributed by atoms with Crippen molar-refractivity contribution in [1.29, 1.82) is 0 Å². The minimum atomic E-state index is -0.939. The van der Waals surface area contributed by atoms with Crippen LogP contribution in [0.25, 0.3) is 0 Å². The number of hydrogen-bond acceptors (Lipinski definition) is 5. The maximum Gasteiger partial charge on any atom is 0.334 e. The van der Waals surface area contributed by atoms with Crippen LogP contribution < -0.4 is 0 Å². The van der Waals surface area contributed by atoms with Crippen molar-refractivity contribution in [2.24, 2.45) is 11.3 Å². The molecule has 5 nitrogen and oxygen atoms in total. The topological polar surface area (TPSA) is 87.0 Å². The fourth-order valence-corrected chi connectivity index (χ4v) is 4.40. The number of aliphatic hydroxyl groups is 3. The first-order valence-corrected chi connectivity index (χ1v) is 7.24. The zero-order valence-electron chi connectivity index (χ0n) is 11.9. The SMILES string of the molecule is CC1=C2CC3C(C)(O)CCC(O)C3(CO)CC2OC1=O. The monoisotopic (exact) mass is 282 g/mol. The van der Waals surface area contributed by atoms with Crippen molar-refractivity contribution in [1.82, 2.24) is 0 Å². The molecule has 0 radical (unpaired) electrons. The van der Waals surface area contributed by atoms with Crippen LogP contribution in [-0.2, 0) is 9.53 Å². The van der Waals surface area contributed by atoms with Gasteiger partial charge in [0, 0.05) is 16.9 Å². The Hall–Kier alpha value is -0.910. The predicted molar refractivity (Wildman–Crippen MR) is 70.7 cm³/mol. The molecule has 0 amide bonds. The van der Waals surface area contributed by atoms with Crippen LogP contribution in [0.4, 0.5) is 0 Å². The van der Waals surface area contributed by atoms with E-state index in [1.807, 2.05) is 0 Å². The molecule has 5 unspecified atom stereocenters. The van der Waals surface area contributed by atoms with Gasteiger partial charge >= 0.3 is 5.97 Å². The van der Waals surface area contributed by atoms with E-state index in [0.29, 0.717) is 31.3 Å². The number of aliphatic hydroxyl groups excluding tert-OH is 2. The lowest BCUT2D eigenvalue weighted by atomic mass is 9.52. The number of rotatable bonds is 1. The summed E-state index contributed by atoms with van der Waals surface area (Å²) in [5, 5.41) is 31.0. The van der Waals surface area contributed by atoms with Gasteiger partial charge in [-0.1, -0.05) is 0 Å². The maximum atomic E-state index is 11.7. The summed E-state index contributed by atoms with van der Waals surface area (Å²) in [7, 11) is 0. The van der Waals surface area contributed by atoms with Crippen LogP contribution in [-0.4, -0.2) is 45.7 Å². The highest BCUT2D eigenvalue weighted by Gasteiger charge is 2.60. The minimum Gasteiger partial charge on any atom is -0.454 e. The molecule has 5 atom stereocenters. The highest BCUT2D eigenvalue weighted by Crippen LogP contribution is 2.57. The number of carbonyl (C=O) groups excluding carboxylic acids is 1. The molecule has 20 heavy (non-hydrogen) atoms. The van der Waals surface area contributed by atoms with Crippen LogP contribution >= 0.6 is 0 Å². The molecular weight excluding hydrogens is 260 g/mol. The lowest BCUT2D eigenvalue weighted by molar-refractivity contribution is -0.195. The van der Waals surface area contributed by atoms with Crippen molar-refractivity contribution >= 4 is 5.97 Å². The molecule has 3 aliphatic rings. The summed E-state index contributed by atoms with van der Waals surface area (Å²) in [5.74, 6) is -0.565. The van der Waals surface area contributed by atoms with Gasteiger partial charge in [0.2, 0.25) is 0 Å². The fourth-order valence-electron chi connectivity index (χ4n) is 4.40. The molecule has 1 aliphatic heterocycles. The summed E-state index contributed by atoms with van der Waals surface area (Å²) in [6.07, 6.45) is 0.847. The van der Waals surface area contributed by atoms with E-state index in [2.05, 4.69) is 0 Å². The van der Waals surface area contributed by atoms with Gasteiger partial charge in [-0.3, -0.25) is 0 Å². The molecule has 0 saturated heterocycles. The van der Waals surface area contributed by atoms with Gasteiger partial charge in [0.05, 0.1) is 18.3 Å². The number of carbonyl (C=O) groups is 1. The second-order valence-electron chi connectivity index (χ2n) is 6.81. The lowest BCUT2D eigenvalue weighted by Gasteiger charge is -2.56. The molecule has 0 aromatic heterocycles. The van der Waals surface area contributed by atoms with E-state index in [1.54, 1.807) is 13.8 Å². The van der Waals surface area contributed by atoms with E-state index in [0.717, 1.165) is 5.57 Å². The number of ether oxygens (including phenoxy) is 1. The molecule has 2 saturated carbocycles. The van der Waals surface area contributed by atoms with Gasteiger partial charge in [-0.15, -0.1) is 0 Å². The Balaban J connectivity index is 2.05. The lowest BCUT2D eigenvalue weighted by Crippen LogP contribution is -2.61. The number of hydrogen-bond donors (Lipinski definition) is 3. The summed E-state index contributed by atoms with van der Waals surface area (Å²) in [6, 6.07) is 0. The zero-order valence-corrected chi connectivity index (χ0v) is 11.9. The molecule has 2 aliphatic carbocycles. The third-order valence-corrected chi connectivity index (χ3v) is 5.74. The molecule has 0 aromatic rings. The van der Waals surface area contributed by atoms with E-state index >= 15 is 0 Å².